The average molecular weight is 409 g/mol. The molecule has 2 aromatic heterocycles. The number of nitrogens with zero attached hydrogens (tertiary/aromatic N) is 4. The minimum absolute atomic E-state index is 0.156. The highest BCUT2D eigenvalue weighted by Crippen LogP contribution is 2.25. The van der Waals surface area contributed by atoms with Crippen LogP contribution in [-0.4, -0.2) is 69.6 Å². The van der Waals surface area contributed by atoms with E-state index >= 15 is 0 Å². The summed E-state index contributed by atoms with van der Waals surface area (Å²) in [6.45, 7) is 1.17. The van der Waals surface area contributed by atoms with Crippen LogP contribution in [0.5, 0.6) is 5.75 Å². The fourth-order valence-electron chi connectivity index (χ4n) is 2.31. The number of H-pyrrole nitrogens is 1. The van der Waals surface area contributed by atoms with Gasteiger partial charge in [0.05, 0.1) is 10.5 Å². The number of fused-ring (bicyclic) bond motifs is 1. The summed E-state index contributed by atoms with van der Waals surface area (Å²) in [7, 11) is 5.68. The lowest BCUT2D eigenvalue weighted by atomic mass is 10.2. The Morgan fingerprint density at radius 2 is 2.18 bits per heavy atom. The monoisotopic (exact) mass is 408 g/mol. The van der Waals surface area contributed by atoms with Crippen LogP contribution < -0.4 is 10.1 Å². The molecule has 3 aromatic rings. The van der Waals surface area contributed by atoms with Crippen molar-refractivity contribution in [1.29, 1.82) is 0 Å². The number of hydrogen-bond donors (Lipinski definition) is 3. The van der Waals surface area contributed by atoms with Crippen LogP contribution in [0.15, 0.2) is 24.4 Å². The molecule has 150 valence electrons. The Balaban J connectivity index is 0.000000878. The third-order valence-corrected chi connectivity index (χ3v) is 3.85. The maximum atomic E-state index is 12.3. The summed E-state index contributed by atoms with van der Waals surface area (Å²) >= 11 is 6.00. The van der Waals surface area contributed by atoms with Crippen LogP contribution in [0.25, 0.3) is 10.9 Å². The summed E-state index contributed by atoms with van der Waals surface area (Å²) in [5.41, 5.74) is 0.925. The number of halogens is 1. The Morgan fingerprint density at radius 1 is 1.46 bits per heavy atom. The van der Waals surface area contributed by atoms with Crippen molar-refractivity contribution in [2.24, 2.45) is 7.05 Å². The number of carbonyl (C=O) groups is 2. The summed E-state index contributed by atoms with van der Waals surface area (Å²) in [4.78, 5) is 22.7. The van der Waals surface area contributed by atoms with Crippen molar-refractivity contribution in [3.8, 4) is 5.75 Å². The van der Waals surface area contributed by atoms with Crippen molar-refractivity contribution in [1.82, 2.24) is 24.9 Å². The first-order valence-corrected chi connectivity index (χ1v) is 8.57. The molecule has 1 amide bonds. The molecule has 0 saturated carbocycles. The largest absolute Gasteiger partial charge is 0.492 e. The van der Waals surface area contributed by atoms with E-state index in [1.807, 2.05) is 37.2 Å². The molecule has 0 aliphatic carbocycles. The number of amides is 1. The molecule has 3 N–H and O–H groups in total. The van der Waals surface area contributed by atoms with E-state index in [0.717, 1.165) is 23.2 Å². The number of carbonyl (C=O) groups excluding carboxylic acids is 1. The average Bonchev–Trinajstić information content (AvgIpc) is 3.17. The van der Waals surface area contributed by atoms with Gasteiger partial charge in [-0.1, -0.05) is 11.6 Å². The minimum atomic E-state index is -0.412. The van der Waals surface area contributed by atoms with Gasteiger partial charge in [-0.2, -0.15) is 10.2 Å². The van der Waals surface area contributed by atoms with Crippen molar-refractivity contribution < 1.29 is 19.4 Å². The smallest absolute Gasteiger partial charge is 0.290 e. The Kier molecular flexibility index (Phi) is 7.36. The van der Waals surface area contributed by atoms with E-state index in [0.29, 0.717) is 12.4 Å². The van der Waals surface area contributed by atoms with Crippen LogP contribution in [0.1, 0.15) is 10.5 Å². The molecule has 3 rings (SSSR count). The predicted octanol–water partition coefficient (Wildman–Crippen LogP) is 1.84. The quantitative estimate of drug-likeness (QED) is 0.531. The molecule has 1 aromatic carbocycles. The van der Waals surface area contributed by atoms with Crippen LogP contribution in [-0.2, 0) is 11.8 Å². The lowest BCUT2D eigenvalue weighted by Crippen LogP contribution is -2.19. The predicted molar refractivity (Wildman–Crippen MR) is 105 cm³/mol. The molecule has 0 spiro atoms. The van der Waals surface area contributed by atoms with Crippen molar-refractivity contribution in [3.05, 3.63) is 35.1 Å². The summed E-state index contributed by atoms with van der Waals surface area (Å²) in [6, 6.07) is 5.54. The number of hydrogen-bond acceptors (Lipinski definition) is 6. The molecule has 11 heteroatoms. The lowest BCUT2D eigenvalue weighted by molar-refractivity contribution is -0.122. The molecule has 0 bridgehead atoms. The zero-order chi connectivity index (χ0) is 20.7. The van der Waals surface area contributed by atoms with Crippen LogP contribution in [0.3, 0.4) is 0 Å². The van der Waals surface area contributed by atoms with Gasteiger partial charge in [0, 0.05) is 31.2 Å². The summed E-state index contributed by atoms with van der Waals surface area (Å²) in [5, 5.41) is 21.8. The number of aryl methyl sites for hydroxylation is 1. The second-order valence-electron chi connectivity index (χ2n) is 5.99. The normalized spacial score (nSPS) is 10.5. The third kappa shape index (κ3) is 5.44. The second kappa shape index (κ2) is 9.72. The molecule has 0 saturated heterocycles. The number of nitrogens with one attached hydrogen (secondary N) is 2. The van der Waals surface area contributed by atoms with Gasteiger partial charge in [-0.3, -0.25) is 19.4 Å². The van der Waals surface area contributed by atoms with Gasteiger partial charge in [0.15, 0.2) is 11.5 Å². The van der Waals surface area contributed by atoms with Gasteiger partial charge < -0.3 is 20.1 Å². The van der Waals surface area contributed by atoms with E-state index in [-0.39, 0.29) is 17.2 Å². The number of rotatable bonds is 6. The summed E-state index contributed by atoms with van der Waals surface area (Å²) in [6.07, 6.45) is 1.57. The molecule has 0 fully saturated rings. The first-order chi connectivity index (χ1) is 13.3. The van der Waals surface area contributed by atoms with Gasteiger partial charge in [0.1, 0.15) is 12.4 Å². The molecule has 28 heavy (non-hydrogen) atoms. The fraction of sp³-hybridized carbons (Fsp3) is 0.294. The molecule has 0 atom stereocenters. The molecule has 10 nitrogen and oxygen atoms in total. The first-order valence-electron chi connectivity index (χ1n) is 8.19. The fourth-order valence-corrected chi connectivity index (χ4v) is 2.57. The highest BCUT2D eigenvalue weighted by Gasteiger charge is 2.17. The number of anilines is 1. The van der Waals surface area contributed by atoms with Crippen LogP contribution >= 0.6 is 11.6 Å². The SMILES string of the molecule is CN(C)CCOc1ccc2c(NC(=O)c3nn(C)cc3Cl)n[nH]c2c1.O=CO. The Labute approximate surface area is 166 Å². The standard InChI is InChI=1S/C16H19ClN6O2.CH2O2/c1-22(2)6-7-25-10-4-5-11-13(8-10)19-20-15(11)18-16(24)14-12(17)9-23(3)21-14;2-1-3/h4-5,8-9H,6-7H2,1-3H3,(H2,18,19,20,24);1H,(H,2,3). The van der Waals surface area contributed by atoms with Crippen molar-refractivity contribution in [3.63, 3.8) is 0 Å². The third-order valence-electron chi connectivity index (χ3n) is 3.57. The number of benzene rings is 1. The molecular weight excluding hydrogens is 388 g/mol. The number of ether oxygens (including phenoxy) is 1. The zero-order valence-corrected chi connectivity index (χ0v) is 16.4. The Bertz CT molecular complexity index is 952. The van der Waals surface area contributed by atoms with E-state index in [4.69, 9.17) is 26.2 Å². The van der Waals surface area contributed by atoms with E-state index in [1.54, 1.807) is 13.2 Å². The molecule has 0 aliphatic heterocycles. The van der Waals surface area contributed by atoms with Gasteiger partial charge in [-0.15, -0.1) is 0 Å². The maximum Gasteiger partial charge on any atom is 0.290 e. The van der Waals surface area contributed by atoms with Crippen molar-refractivity contribution >= 4 is 40.7 Å². The zero-order valence-electron chi connectivity index (χ0n) is 15.6. The molecule has 0 unspecified atom stereocenters. The van der Waals surface area contributed by atoms with E-state index in [9.17, 15) is 4.79 Å². The topological polar surface area (TPSA) is 125 Å². The van der Waals surface area contributed by atoms with E-state index < -0.39 is 5.91 Å². The molecule has 0 aliphatic rings. The van der Waals surface area contributed by atoms with Crippen LogP contribution in [0, 0.1) is 0 Å². The van der Waals surface area contributed by atoms with Gasteiger partial charge in [0.25, 0.3) is 12.4 Å². The van der Waals surface area contributed by atoms with Crippen molar-refractivity contribution in [2.45, 2.75) is 0 Å². The Morgan fingerprint density at radius 3 is 2.79 bits per heavy atom. The van der Waals surface area contributed by atoms with Crippen LogP contribution in [0.4, 0.5) is 5.82 Å². The van der Waals surface area contributed by atoms with Crippen molar-refractivity contribution in [2.75, 3.05) is 32.6 Å². The minimum Gasteiger partial charge on any atom is -0.492 e. The number of carboxylic acid groups (broad SMARTS) is 1. The summed E-state index contributed by atoms with van der Waals surface area (Å²) < 4.78 is 7.18. The van der Waals surface area contributed by atoms with Crippen LogP contribution in [0.2, 0.25) is 5.02 Å². The first kappa shape index (κ1) is 21.2. The maximum absolute atomic E-state index is 12.3. The van der Waals surface area contributed by atoms with Gasteiger partial charge >= 0.3 is 0 Å². The van der Waals surface area contributed by atoms with Gasteiger partial charge in [0.2, 0.25) is 0 Å². The lowest BCUT2D eigenvalue weighted by Gasteiger charge is -2.10. The molecular formula is C17H21ClN6O4. The highest BCUT2D eigenvalue weighted by atomic mass is 35.5. The number of aromatic nitrogens is 4. The van der Waals surface area contributed by atoms with E-state index in [1.165, 1.54) is 4.68 Å². The highest BCUT2D eigenvalue weighted by molar-refractivity contribution is 6.34. The summed E-state index contributed by atoms with van der Waals surface area (Å²) in [5.74, 6) is 0.746. The number of aromatic amines is 1. The molecule has 2 heterocycles. The number of likely N-dealkylation sites (N-methyl/N-ethyl adjacent to an activating group) is 1. The van der Waals surface area contributed by atoms with Gasteiger partial charge in [-0.25, -0.2) is 0 Å². The Hall–Kier alpha value is -3.11. The second-order valence-corrected chi connectivity index (χ2v) is 6.40. The van der Waals surface area contributed by atoms with E-state index in [2.05, 4.69) is 20.6 Å². The van der Waals surface area contributed by atoms with Gasteiger partial charge in [-0.05, 0) is 26.2 Å². The molecule has 0 radical (unpaired) electrons.